The number of esters is 1. The van der Waals surface area contributed by atoms with Crippen molar-refractivity contribution in [1.82, 2.24) is 24.6 Å². The molecule has 16 heteroatoms. The Balaban J connectivity index is 1.56. The molecule has 13 nitrogen and oxygen atoms in total. The molecular weight excluding hydrogens is 564 g/mol. The molecule has 0 amide bonds. The summed E-state index contributed by atoms with van der Waals surface area (Å²) in [6.45, 7) is 2.42. The number of benzene rings is 1. The van der Waals surface area contributed by atoms with Gasteiger partial charge in [0, 0.05) is 7.05 Å². The van der Waals surface area contributed by atoms with Crippen LogP contribution in [0.4, 0.5) is 16.2 Å². The predicted molar refractivity (Wildman–Crippen MR) is 150 cm³/mol. The molecule has 6 atom stereocenters. The summed E-state index contributed by atoms with van der Waals surface area (Å²) >= 11 is 5.70. The summed E-state index contributed by atoms with van der Waals surface area (Å²) in [4.78, 5) is 25.0. The standard InChI is InChI=1S/C24H33FN7O6PS/c1-13(2)36-21(34)14(3)31-39(40,38-15-9-7-6-8-10-15)35-11-16-18(33)24(4,25)22(37-16)32-12-28-17-19(27-5)29-23(26)30-20(17)32/h6-10,12-14,16,18,22,33H,11H2,1-5H3,(H,31,40)(H3,26,27,29,30)/t14-,16?,18+,22+,24+,39?/m0/s1. The van der Waals surface area contributed by atoms with Crippen LogP contribution in [0.5, 0.6) is 5.75 Å². The number of anilines is 2. The Kier molecular flexibility index (Phi) is 8.93. The lowest BCUT2D eigenvalue weighted by atomic mass is 9.98. The first kappa shape index (κ1) is 30.0. The molecule has 0 bridgehead atoms. The van der Waals surface area contributed by atoms with Gasteiger partial charge in [-0.2, -0.15) is 9.97 Å². The number of aliphatic hydroxyl groups excluding tert-OH is 1. The van der Waals surface area contributed by atoms with E-state index in [0.29, 0.717) is 17.1 Å². The van der Waals surface area contributed by atoms with Gasteiger partial charge in [0.1, 0.15) is 24.0 Å². The van der Waals surface area contributed by atoms with Gasteiger partial charge in [0.15, 0.2) is 28.9 Å². The minimum Gasteiger partial charge on any atom is -0.462 e. The van der Waals surface area contributed by atoms with Crippen LogP contribution in [0.25, 0.3) is 11.2 Å². The summed E-state index contributed by atoms with van der Waals surface area (Å²) in [6.07, 6.45) is -3.12. The van der Waals surface area contributed by atoms with Gasteiger partial charge in [0.2, 0.25) is 5.95 Å². The number of ether oxygens (including phenoxy) is 2. The van der Waals surface area contributed by atoms with E-state index in [-0.39, 0.29) is 24.3 Å². The number of hydrogen-bond donors (Lipinski definition) is 4. The van der Waals surface area contributed by atoms with Crippen LogP contribution in [0, 0.1) is 0 Å². The summed E-state index contributed by atoms with van der Waals surface area (Å²) < 4.78 is 40.5. The zero-order chi connectivity index (χ0) is 29.2. The largest absolute Gasteiger partial charge is 0.462 e. The van der Waals surface area contributed by atoms with Crippen LogP contribution >= 0.6 is 6.64 Å². The molecule has 4 rings (SSSR count). The highest BCUT2D eigenvalue weighted by atomic mass is 32.5. The number of aliphatic hydroxyl groups is 1. The highest BCUT2D eigenvalue weighted by Gasteiger charge is 2.56. The maximum atomic E-state index is 16.0. The average molecular weight is 598 g/mol. The number of nitrogens with one attached hydrogen (secondary N) is 2. The summed E-state index contributed by atoms with van der Waals surface area (Å²) in [5.74, 6) is 0.154. The third kappa shape index (κ3) is 6.35. The van der Waals surface area contributed by atoms with Gasteiger partial charge >= 0.3 is 12.6 Å². The molecule has 5 N–H and O–H groups in total. The number of alkyl halides is 1. The van der Waals surface area contributed by atoms with Gasteiger partial charge in [-0.05, 0) is 51.6 Å². The first-order valence-corrected chi connectivity index (χ1v) is 15.2. The fourth-order valence-electron chi connectivity index (χ4n) is 4.14. The molecule has 40 heavy (non-hydrogen) atoms. The Morgan fingerprint density at radius 2 is 2.02 bits per heavy atom. The zero-order valence-corrected chi connectivity index (χ0v) is 24.4. The van der Waals surface area contributed by atoms with E-state index in [0.717, 1.165) is 0 Å². The maximum Gasteiger partial charge on any atom is 0.323 e. The number of para-hydroxylation sites is 1. The van der Waals surface area contributed by atoms with E-state index in [1.807, 2.05) is 0 Å². The third-order valence-electron chi connectivity index (χ3n) is 6.08. The predicted octanol–water partition coefficient (Wildman–Crippen LogP) is 2.69. The molecule has 0 spiro atoms. The van der Waals surface area contributed by atoms with Crippen LogP contribution in [0.15, 0.2) is 36.7 Å². The molecule has 1 aliphatic heterocycles. The number of carbonyl (C=O) groups is 1. The molecular formula is C24H33FN7O6PS. The number of nitrogen functional groups attached to an aromatic ring is 1. The molecule has 1 aromatic carbocycles. The van der Waals surface area contributed by atoms with Gasteiger partial charge in [-0.1, -0.05) is 18.2 Å². The lowest BCUT2D eigenvalue weighted by molar-refractivity contribution is -0.149. The summed E-state index contributed by atoms with van der Waals surface area (Å²) in [7, 11) is 1.64. The van der Waals surface area contributed by atoms with Crippen molar-refractivity contribution in [2.45, 2.75) is 63.9 Å². The van der Waals surface area contributed by atoms with Crippen LogP contribution in [-0.4, -0.2) is 74.3 Å². The second kappa shape index (κ2) is 11.9. The van der Waals surface area contributed by atoms with E-state index in [4.69, 9.17) is 36.1 Å². The number of hydrogen-bond acceptors (Lipinski definition) is 12. The van der Waals surface area contributed by atoms with Crippen molar-refractivity contribution < 1.29 is 32.8 Å². The van der Waals surface area contributed by atoms with E-state index in [2.05, 4.69) is 25.4 Å². The number of imidazole rings is 1. The highest BCUT2D eigenvalue weighted by molar-refractivity contribution is 8.09. The Labute approximate surface area is 235 Å². The number of halogens is 1. The summed E-state index contributed by atoms with van der Waals surface area (Å²) in [6, 6.07) is 7.77. The Bertz CT molecular complexity index is 1390. The number of aromatic nitrogens is 4. The van der Waals surface area contributed by atoms with Crippen LogP contribution in [-0.2, 0) is 30.6 Å². The number of rotatable bonds is 11. The molecule has 1 aliphatic rings. The first-order chi connectivity index (χ1) is 18.8. The second-order valence-electron chi connectivity index (χ2n) is 9.66. The van der Waals surface area contributed by atoms with Crippen LogP contribution in [0.3, 0.4) is 0 Å². The average Bonchev–Trinajstić information content (AvgIpc) is 3.40. The minimum absolute atomic E-state index is 0.0486. The van der Waals surface area contributed by atoms with Gasteiger partial charge in [0.25, 0.3) is 0 Å². The molecule has 3 aromatic rings. The molecule has 2 aromatic heterocycles. The maximum absolute atomic E-state index is 16.0. The molecule has 3 heterocycles. The van der Waals surface area contributed by atoms with E-state index in [1.54, 1.807) is 58.2 Å². The molecule has 1 fully saturated rings. The van der Waals surface area contributed by atoms with Gasteiger partial charge in [-0.15, -0.1) is 0 Å². The SMILES string of the molecule is CNc1nc(N)nc2c1ncn2[C@@H]1OC(COP(=S)(N[C@@H](C)C(=O)OC(C)C)Oc2ccccc2)[C@@H](O)[C@@]1(C)F. The Morgan fingerprint density at radius 1 is 1.32 bits per heavy atom. The van der Waals surface area contributed by atoms with Crippen molar-refractivity contribution >= 4 is 47.3 Å². The number of nitrogens with zero attached hydrogens (tertiary/aromatic N) is 4. The van der Waals surface area contributed by atoms with Crippen LogP contribution < -0.4 is 20.7 Å². The first-order valence-electron chi connectivity index (χ1n) is 12.5. The molecule has 1 saturated heterocycles. The van der Waals surface area contributed by atoms with Crippen LogP contribution in [0.2, 0.25) is 0 Å². The molecule has 0 saturated carbocycles. The summed E-state index contributed by atoms with van der Waals surface area (Å²) in [5.41, 5.74) is 4.11. The highest BCUT2D eigenvalue weighted by Crippen LogP contribution is 2.48. The minimum atomic E-state index is -3.45. The van der Waals surface area contributed by atoms with Crippen molar-refractivity contribution in [2.24, 2.45) is 0 Å². The van der Waals surface area contributed by atoms with Crippen molar-refractivity contribution in [3.05, 3.63) is 36.7 Å². The fraction of sp³-hybridized carbons (Fsp3) is 0.500. The quantitative estimate of drug-likeness (QED) is 0.188. The Hall–Kier alpha value is -2.94. The number of carbonyl (C=O) groups excluding carboxylic acids is 1. The van der Waals surface area contributed by atoms with Gasteiger partial charge < -0.3 is 34.7 Å². The molecule has 0 aliphatic carbocycles. The topological polar surface area (TPSA) is 168 Å². The van der Waals surface area contributed by atoms with E-state index in [1.165, 1.54) is 17.8 Å². The monoisotopic (exact) mass is 597 g/mol. The van der Waals surface area contributed by atoms with Crippen molar-refractivity contribution in [2.75, 3.05) is 24.7 Å². The van der Waals surface area contributed by atoms with Gasteiger partial charge in [-0.3, -0.25) is 9.36 Å². The van der Waals surface area contributed by atoms with E-state index < -0.39 is 42.8 Å². The lowest BCUT2D eigenvalue weighted by Crippen LogP contribution is -2.41. The zero-order valence-electron chi connectivity index (χ0n) is 22.6. The van der Waals surface area contributed by atoms with E-state index in [9.17, 15) is 9.90 Å². The molecule has 0 radical (unpaired) electrons. The van der Waals surface area contributed by atoms with Gasteiger partial charge in [-0.25, -0.2) is 14.5 Å². The molecule has 2 unspecified atom stereocenters. The fourth-order valence-corrected chi connectivity index (χ4v) is 6.55. The smallest absolute Gasteiger partial charge is 0.323 e. The number of fused-ring (bicyclic) bond motifs is 1. The van der Waals surface area contributed by atoms with Crippen molar-refractivity contribution in [1.29, 1.82) is 0 Å². The summed E-state index contributed by atoms with van der Waals surface area (Å²) in [5, 5.41) is 16.7. The third-order valence-corrected chi connectivity index (χ3v) is 8.58. The second-order valence-corrected chi connectivity index (χ2v) is 12.8. The van der Waals surface area contributed by atoms with Crippen molar-refractivity contribution in [3.63, 3.8) is 0 Å². The number of nitrogens with two attached hydrogens (primary N) is 1. The van der Waals surface area contributed by atoms with E-state index >= 15 is 4.39 Å². The van der Waals surface area contributed by atoms with Crippen LogP contribution in [0.1, 0.15) is 33.9 Å². The Morgan fingerprint density at radius 3 is 2.67 bits per heavy atom. The van der Waals surface area contributed by atoms with Crippen molar-refractivity contribution in [3.8, 4) is 5.75 Å². The normalized spacial score (nSPS) is 25.1. The van der Waals surface area contributed by atoms with Gasteiger partial charge in [0.05, 0.1) is 19.0 Å². The lowest BCUT2D eigenvalue weighted by Gasteiger charge is -2.28. The molecule has 218 valence electrons.